The standard InChI is InChI=1S/C11H12N2O3/c14-10-9(8-4-2-1-3-5-8)13(11(15)16)7-6-12-10/h1-5,9H,6-7H2,(H,12,14)(H,15,16). The second kappa shape index (κ2) is 4.22. The molecule has 1 aliphatic heterocycles. The molecule has 16 heavy (non-hydrogen) atoms. The van der Waals surface area contributed by atoms with Gasteiger partial charge in [-0.1, -0.05) is 30.3 Å². The van der Waals surface area contributed by atoms with Gasteiger partial charge in [-0.25, -0.2) is 4.79 Å². The molecule has 0 aromatic heterocycles. The molecule has 1 aliphatic rings. The van der Waals surface area contributed by atoms with E-state index in [1.165, 1.54) is 0 Å². The Kier molecular flexibility index (Phi) is 2.76. The number of hydrogen-bond acceptors (Lipinski definition) is 2. The van der Waals surface area contributed by atoms with Gasteiger partial charge in [-0.2, -0.15) is 0 Å². The highest BCUT2D eigenvalue weighted by molar-refractivity contribution is 5.87. The molecule has 5 heteroatoms. The third kappa shape index (κ3) is 1.84. The molecule has 0 radical (unpaired) electrons. The Morgan fingerprint density at radius 3 is 2.69 bits per heavy atom. The van der Waals surface area contributed by atoms with E-state index in [4.69, 9.17) is 5.11 Å². The Morgan fingerprint density at radius 1 is 1.38 bits per heavy atom. The second-order valence-electron chi connectivity index (χ2n) is 3.58. The van der Waals surface area contributed by atoms with E-state index < -0.39 is 12.1 Å². The third-order valence-corrected chi connectivity index (χ3v) is 2.57. The lowest BCUT2D eigenvalue weighted by molar-refractivity contribution is -0.128. The first-order valence-corrected chi connectivity index (χ1v) is 5.02. The lowest BCUT2D eigenvalue weighted by atomic mass is 10.0. The predicted molar refractivity (Wildman–Crippen MR) is 56.9 cm³/mol. The van der Waals surface area contributed by atoms with Crippen molar-refractivity contribution in [1.29, 1.82) is 0 Å². The van der Waals surface area contributed by atoms with Gasteiger partial charge in [0.05, 0.1) is 0 Å². The molecule has 5 nitrogen and oxygen atoms in total. The number of benzene rings is 1. The zero-order chi connectivity index (χ0) is 11.5. The Hall–Kier alpha value is -2.04. The minimum Gasteiger partial charge on any atom is -0.465 e. The normalized spacial score (nSPS) is 20.4. The molecule has 1 fully saturated rings. The van der Waals surface area contributed by atoms with Crippen LogP contribution in [0.4, 0.5) is 4.79 Å². The van der Waals surface area contributed by atoms with Gasteiger partial charge >= 0.3 is 6.09 Å². The molecular weight excluding hydrogens is 208 g/mol. The largest absolute Gasteiger partial charge is 0.465 e. The zero-order valence-corrected chi connectivity index (χ0v) is 8.59. The number of amides is 2. The quantitative estimate of drug-likeness (QED) is 0.736. The maximum Gasteiger partial charge on any atom is 0.408 e. The molecule has 1 aromatic rings. The highest BCUT2D eigenvalue weighted by atomic mass is 16.4. The van der Waals surface area contributed by atoms with E-state index in [2.05, 4.69) is 5.32 Å². The molecule has 0 aliphatic carbocycles. The van der Waals surface area contributed by atoms with Crippen LogP contribution in [0.5, 0.6) is 0 Å². The third-order valence-electron chi connectivity index (χ3n) is 2.57. The van der Waals surface area contributed by atoms with E-state index in [0.717, 1.165) is 4.90 Å². The fraction of sp³-hybridized carbons (Fsp3) is 0.273. The Labute approximate surface area is 92.7 Å². The first-order valence-electron chi connectivity index (χ1n) is 5.02. The van der Waals surface area contributed by atoms with Crippen LogP contribution in [0, 0.1) is 0 Å². The van der Waals surface area contributed by atoms with Crippen molar-refractivity contribution < 1.29 is 14.7 Å². The molecule has 84 valence electrons. The van der Waals surface area contributed by atoms with Crippen molar-refractivity contribution in [2.24, 2.45) is 0 Å². The van der Waals surface area contributed by atoms with Crippen molar-refractivity contribution in [1.82, 2.24) is 10.2 Å². The number of hydrogen-bond donors (Lipinski definition) is 2. The smallest absolute Gasteiger partial charge is 0.408 e. The summed E-state index contributed by atoms with van der Waals surface area (Å²) in [6.45, 7) is 0.690. The van der Waals surface area contributed by atoms with Crippen molar-refractivity contribution >= 4 is 12.0 Å². The molecule has 2 N–H and O–H groups in total. The maximum atomic E-state index is 11.7. The summed E-state index contributed by atoms with van der Waals surface area (Å²) in [5.74, 6) is -0.264. The van der Waals surface area contributed by atoms with Crippen LogP contribution in [0.2, 0.25) is 0 Å². The second-order valence-corrected chi connectivity index (χ2v) is 3.58. The highest BCUT2D eigenvalue weighted by Crippen LogP contribution is 2.22. The lowest BCUT2D eigenvalue weighted by Gasteiger charge is -2.33. The zero-order valence-electron chi connectivity index (χ0n) is 8.59. The Bertz CT molecular complexity index is 405. The molecular formula is C11H12N2O3. The lowest BCUT2D eigenvalue weighted by Crippen LogP contribution is -2.51. The van der Waals surface area contributed by atoms with Gasteiger partial charge in [0.2, 0.25) is 5.91 Å². The van der Waals surface area contributed by atoms with Gasteiger partial charge in [0.25, 0.3) is 0 Å². The number of rotatable bonds is 1. The van der Waals surface area contributed by atoms with Gasteiger partial charge in [-0.3, -0.25) is 9.69 Å². The average molecular weight is 220 g/mol. The Balaban J connectivity index is 2.34. The minimum absolute atomic E-state index is 0.264. The molecule has 1 atom stereocenters. The topological polar surface area (TPSA) is 69.6 Å². The summed E-state index contributed by atoms with van der Waals surface area (Å²) in [7, 11) is 0. The summed E-state index contributed by atoms with van der Waals surface area (Å²) < 4.78 is 0. The van der Waals surface area contributed by atoms with Gasteiger partial charge in [-0.15, -0.1) is 0 Å². The van der Waals surface area contributed by atoms with Crippen LogP contribution in [0.25, 0.3) is 0 Å². The van der Waals surface area contributed by atoms with Gasteiger partial charge in [0.1, 0.15) is 6.04 Å². The van der Waals surface area contributed by atoms with Crippen molar-refractivity contribution in [3.05, 3.63) is 35.9 Å². The van der Waals surface area contributed by atoms with Crippen LogP contribution in [0.15, 0.2) is 30.3 Å². The van der Waals surface area contributed by atoms with Crippen molar-refractivity contribution in [2.45, 2.75) is 6.04 Å². The van der Waals surface area contributed by atoms with Crippen LogP contribution in [0.1, 0.15) is 11.6 Å². The summed E-state index contributed by atoms with van der Waals surface area (Å²) in [6.07, 6.45) is -1.07. The Morgan fingerprint density at radius 2 is 2.06 bits per heavy atom. The molecule has 0 bridgehead atoms. The molecule has 1 heterocycles. The number of carbonyl (C=O) groups is 2. The monoisotopic (exact) mass is 220 g/mol. The molecule has 0 saturated carbocycles. The summed E-state index contributed by atoms with van der Waals surface area (Å²) in [5, 5.41) is 11.7. The first kappa shape index (κ1) is 10.5. The van der Waals surface area contributed by atoms with Crippen molar-refractivity contribution in [3.63, 3.8) is 0 Å². The average Bonchev–Trinajstić information content (AvgIpc) is 2.29. The summed E-state index contributed by atoms with van der Waals surface area (Å²) in [6, 6.07) is 8.19. The molecule has 1 saturated heterocycles. The fourth-order valence-corrected chi connectivity index (χ4v) is 1.84. The van der Waals surface area contributed by atoms with E-state index >= 15 is 0 Å². The van der Waals surface area contributed by atoms with E-state index in [9.17, 15) is 9.59 Å². The van der Waals surface area contributed by atoms with Gasteiger partial charge in [0, 0.05) is 13.1 Å². The van der Waals surface area contributed by atoms with Crippen LogP contribution in [-0.4, -0.2) is 35.1 Å². The van der Waals surface area contributed by atoms with Gasteiger partial charge < -0.3 is 10.4 Å². The van der Waals surface area contributed by atoms with Crippen molar-refractivity contribution in [2.75, 3.05) is 13.1 Å². The number of piperazine rings is 1. The summed E-state index contributed by atoms with van der Waals surface area (Å²) in [4.78, 5) is 23.9. The fourth-order valence-electron chi connectivity index (χ4n) is 1.84. The van der Waals surface area contributed by atoms with Crippen LogP contribution in [0.3, 0.4) is 0 Å². The van der Waals surface area contributed by atoms with Crippen LogP contribution in [-0.2, 0) is 4.79 Å². The summed E-state index contributed by atoms with van der Waals surface area (Å²) >= 11 is 0. The molecule has 2 rings (SSSR count). The SMILES string of the molecule is O=C1NCCN(C(=O)O)C1c1ccccc1. The summed E-state index contributed by atoms with van der Waals surface area (Å²) in [5.41, 5.74) is 0.696. The molecule has 1 aromatic carbocycles. The van der Waals surface area contributed by atoms with E-state index in [1.807, 2.05) is 6.07 Å². The van der Waals surface area contributed by atoms with E-state index in [-0.39, 0.29) is 5.91 Å². The molecule has 1 unspecified atom stereocenters. The van der Waals surface area contributed by atoms with Crippen LogP contribution < -0.4 is 5.32 Å². The molecule has 0 spiro atoms. The van der Waals surface area contributed by atoms with E-state index in [0.29, 0.717) is 18.7 Å². The van der Waals surface area contributed by atoms with Crippen molar-refractivity contribution in [3.8, 4) is 0 Å². The highest BCUT2D eigenvalue weighted by Gasteiger charge is 2.33. The number of nitrogens with one attached hydrogen (secondary N) is 1. The minimum atomic E-state index is -1.07. The predicted octanol–water partition coefficient (Wildman–Crippen LogP) is 0.837. The first-order chi connectivity index (χ1) is 7.70. The number of carboxylic acid groups (broad SMARTS) is 1. The maximum absolute atomic E-state index is 11.7. The van der Waals surface area contributed by atoms with Gasteiger partial charge in [-0.05, 0) is 5.56 Å². The van der Waals surface area contributed by atoms with Gasteiger partial charge in [0.15, 0.2) is 0 Å². The number of carbonyl (C=O) groups excluding carboxylic acids is 1. The van der Waals surface area contributed by atoms with E-state index in [1.54, 1.807) is 24.3 Å². The number of nitrogens with zero attached hydrogens (tertiary/aromatic N) is 1. The molecule has 2 amide bonds. The van der Waals surface area contributed by atoms with Crippen LogP contribution >= 0.6 is 0 Å².